The first-order valence-electron chi connectivity index (χ1n) is 11.3. The molecule has 2 aromatic heterocycles. The number of benzene rings is 4. The summed E-state index contributed by atoms with van der Waals surface area (Å²) < 4.78 is 18.4. The van der Waals surface area contributed by atoms with Crippen molar-refractivity contribution < 1.29 is 4.39 Å². The Balaban J connectivity index is 1.62. The summed E-state index contributed by atoms with van der Waals surface area (Å²) >= 11 is 6.09. The second-order valence-corrected chi connectivity index (χ2v) is 8.68. The Bertz CT molecular complexity index is 1760. The molecule has 0 aliphatic rings. The molecule has 7 heteroatoms. The van der Waals surface area contributed by atoms with Gasteiger partial charge in [-0.05, 0) is 48.0 Å². The van der Waals surface area contributed by atoms with Gasteiger partial charge in [-0.15, -0.1) is 0 Å². The number of hydrogen-bond acceptors (Lipinski definition) is 3. The van der Waals surface area contributed by atoms with E-state index < -0.39 is 5.82 Å². The van der Waals surface area contributed by atoms with Gasteiger partial charge in [-0.25, -0.2) is 14.1 Å². The van der Waals surface area contributed by atoms with Crippen LogP contribution in [-0.2, 0) is 0 Å². The summed E-state index contributed by atoms with van der Waals surface area (Å²) in [5.41, 5.74) is 3.10. The molecule has 0 fully saturated rings. The van der Waals surface area contributed by atoms with E-state index in [0.29, 0.717) is 38.7 Å². The molecule has 0 radical (unpaired) electrons. The number of halogens is 2. The van der Waals surface area contributed by atoms with Crippen molar-refractivity contribution in [2.24, 2.45) is 0 Å². The second kappa shape index (κ2) is 8.91. The fraction of sp³-hybridized carbons (Fsp3) is 0. The quantitative estimate of drug-likeness (QED) is 0.275. The summed E-state index contributed by atoms with van der Waals surface area (Å²) in [5.74, 6) is -0.113. The van der Waals surface area contributed by atoms with Gasteiger partial charge < -0.3 is 0 Å². The van der Waals surface area contributed by atoms with Crippen molar-refractivity contribution in [3.8, 4) is 33.9 Å². The van der Waals surface area contributed by atoms with E-state index in [1.807, 2.05) is 60.7 Å². The van der Waals surface area contributed by atoms with Crippen LogP contribution in [0.15, 0.2) is 114 Å². The highest BCUT2D eigenvalue weighted by atomic mass is 35.5. The average Bonchev–Trinajstić information content (AvgIpc) is 3.35. The topological polar surface area (TPSA) is 52.7 Å². The molecule has 0 spiro atoms. The second-order valence-electron chi connectivity index (χ2n) is 8.24. The van der Waals surface area contributed by atoms with Crippen molar-refractivity contribution in [2.75, 3.05) is 0 Å². The van der Waals surface area contributed by atoms with Crippen LogP contribution in [0.2, 0.25) is 5.02 Å². The highest BCUT2D eigenvalue weighted by Crippen LogP contribution is 2.29. The predicted octanol–water partition coefficient (Wildman–Crippen LogP) is 6.70. The van der Waals surface area contributed by atoms with Crippen LogP contribution in [0.5, 0.6) is 0 Å². The number of para-hydroxylation sites is 1. The molecule has 36 heavy (non-hydrogen) atoms. The molecular formula is C29H18ClFN4O. The van der Waals surface area contributed by atoms with E-state index in [9.17, 15) is 4.79 Å². The van der Waals surface area contributed by atoms with Crippen molar-refractivity contribution >= 4 is 22.6 Å². The first kappa shape index (κ1) is 21.9. The van der Waals surface area contributed by atoms with E-state index in [4.69, 9.17) is 16.6 Å². The fourth-order valence-corrected chi connectivity index (χ4v) is 4.38. The van der Waals surface area contributed by atoms with E-state index in [0.717, 1.165) is 11.3 Å². The van der Waals surface area contributed by atoms with Crippen molar-refractivity contribution in [2.45, 2.75) is 0 Å². The molecule has 6 aromatic rings. The number of nitrogens with zero attached hydrogens (tertiary/aromatic N) is 4. The van der Waals surface area contributed by atoms with E-state index in [1.165, 1.54) is 16.8 Å². The molecule has 0 saturated carbocycles. The van der Waals surface area contributed by atoms with Crippen LogP contribution < -0.4 is 5.56 Å². The molecule has 6 rings (SSSR count). The first-order valence-corrected chi connectivity index (χ1v) is 11.7. The minimum Gasteiger partial charge on any atom is -0.268 e. The number of rotatable bonds is 4. The maximum Gasteiger partial charge on any atom is 0.269 e. The lowest BCUT2D eigenvalue weighted by atomic mass is 10.0. The molecule has 0 bridgehead atoms. The van der Waals surface area contributed by atoms with Gasteiger partial charge in [-0.1, -0.05) is 72.3 Å². The molecule has 2 heterocycles. The molecule has 5 nitrogen and oxygen atoms in total. The Hall–Kier alpha value is -4.55. The van der Waals surface area contributed by atoms with Crippen LogP contribution in [0.25, 0.3) is 44.9 Å². The predicted molar refractivity (Wildman–Crippen MR) is 140 cm³/mol. The van der Waals surface area contributed by atoms with E-state index in [-0.39, 0.29) is 5.56 Å². The molecule has 0 unspecified atom stereocenters. The van der Waals surface area contributed by atoms with Crippen LogP contribution in [-0.4, -0.2) is 19.3 Å². The standard InChI is InChI=1S/C29H18ClFN4O/c30-21-12-14-22(15-13-21)34-27(20-11-16-24(26(31)17-20)19-7-3-1-4-8-19)33-28-25(29(34)36)18-32-35(28)23-9-5-2-6-10-23/h1-18H. The highest BCUT2D eigenvalue weighted by molar-refractivity contribution is 6.30. The third-order valence-electron chi connectivity index (χ3n) is 6.00. The smallest absolute Gasteiger partial charge is 0.268 e. The van der Waals surface area contributed by atoms with Gasteiger partial charge in [0.2, 0.25) is 0 Å². The van der Waals surface area contributed by atoms with Gasteiger partial charge in [0, 0.05) is 16.1 Å². The van der Waals surface area contributed by atoms with E-state index in [1.54, 1.807) is 41.1 Å². The maximum atomic E-state index is 15.4. The summed E-state index contributed by atoms with van der Waals surface area (Å²) in [4.78, 5) is 18.6. The summed E-state index contributed by atoms with van der Waals surface area (Å²) in [6.07, 6.45) is 1.51. The van der Waals surface area contributed by atoms with Crippen LogP contribution in [0.1, 0.15) is 0 Å². The van der Waals surface area contributed by atoms with Crippen LogP contribution in [0.3, 0.4) is 0 Å². The van der Waals surface area contributed by atoms with Crippen molar-refractivity contribution in [3.63, 3.8) is 0 Å². The van der Waals surface area contributed by atoms with Gasteiger partial charge in [0.25, 0.3) is 5.56 Å². The zero-order chi connectivity index (χ0) is 24.6. The molecule has 0 atom stereocenters. The molecule has 0 saturated heterocycles. The van der Waals surface area contributed by atoms with E-state index >= 15 is 4.39 Å². The van der Waals surface area contributed by atoms with E-state index in [2.05, 4.69) is 5.10 Å². The van der Waals surface area contributed by atoms with Crippen LogP contribution >= 0.6 is 11.6 Å². The fourth-order valence-electron chi connectivity index (χ4n) is 4.25. The number of aromatic nitrogens is 4. The SMILES string of the molecule is O=c1c2cnn(-c3ccccc3)c2nc(-c2ccc(-c3ccccc3)c(F)c2)n1-c1ccc(Cl)cc1. The summed E-state index contributed by atoms with van der Waals surface area (Å²) in [5, 5.41) is 5.31. The maximum absolute atomic E-state index is 15.4. The largest absolute Gasteiger partial charge is 0.269 e. The van der Waals surface area contributed by atoms with Gasteiger partial charge >= 0.3 is 0 Å². The Labute approximate surface area is 210 Å². The minimum absolute atomic E-state index is 0.297. The van der Waals surface area contributed by atoms with Gasteiger partial charge in [0.15, 0.2) is 5.65 Å². The van der Waals surface area contributed by atoms with Gasteiger partial charge in [0.1, 0.15) is 17.0 Å². The summed E-state index contributed by atoms with van der Waals surface area (Å²) in [6, 6.07) is 30.5. The highest BCUT2D eigenvalue weighted by Gasteiger charge is 2.19. The molecule has 0 N–H and O–H groups in total. The molecule has 4 aromatic carbocycles. The van der Waals surface area contributed by atoms with Gasteiger partial charge in [-0.2, -0.15) is 5.10 Å². The summed E-state index contributed by atoms with van der Waals surface area (Å²) in [7, 11) is 0. The first-order chi connectivity index (χ1) is 17.6. The molecular weight excluding hydrogens is 475 g/mol. The van der Waals surface area contributed by atoms with Crippen LogP contribution in [0.4, 0.5) is 4.39 Å². The number of fused-ring (bicyclic) bond motifs is 1. The molecule has 174 valence electrons. The lowest BCUT2D eigenvalue weighted by Gasteiger charge is -2.14. The monoisotopic (exact) mass is 492 g/mol. The Morgan fingerprint density at radius 2 is 1.44 bits per heavy atom. The Morgan fingerprint density at radius 3 is 2.14 bits per heavy atom. The van der Waals surface area contributed by atoms with Crippen molar-refractivity contribution in [1.29, 1.82) is 0 Å². The normalized spacial score (nSPS) is 11.2. The molecule has 0 aliphatic heterocycles. The zero-order valence-electron chi connectivity index (χ0n) is 18.8. The lowest BCUT2D eigenvalue weighted by Crippen LogP contribution is -2.22. The van der Waals surface area contributed by atoms with Gasteiger partial charge in [-0.3, -0.25) is 9.36 Å². The minimum atomic E-state index is -0.410. The molecule has 0 amide bonds. The Kier molecular flexibility index (Phi) is 5.43. The molecule has 0 aliphatic carbocycles. The number of hydrogen-bond donors (Lipinski definition) is 0. The third-order valence-corrected chi connectivity index (χ3v) is 6.25. The zero-order valence-corrected chi connectivity index (χ0v) is 19.6. The average molecular weight is 493 g/mol. The van der Waals surface area contributed by atoms with Crippen molar-refractivity contribution in [3.05, 3.63) is 131 Å². The Morgan fingerprint density at radius 1 is 0.750 bits per heavy atom. The summed E-state index contributed by atoms with van der Waals surface area (Å²) in [6.45, 7) is 0. The third kappa shape index (κ3) is 3.78. The van der Waals surface area contributed by atoms with Crippen molar-refractivity contribution in [1.82, 2.24) is 19.3 Å². The van der Waals surface area contributed by atoms with Crippen LogP contribution in [0, 0.1) is 5.82 Å². The lowest BCUT2D eigenvalue weighted by molar-refractivity contribution is 0.631. The van der Waals surface area contributed by atoms with Gasteiger partial charge in [0.05, 0.1) is 17.6 Å².